The second kappa shape index (κ2) is 7.50. The van der Waals surface area contributed by atoms with Gasteiger partial charge in [-0.3, -0.25) is 0 Å². The van der Waals surface area contributed by atoms with Gasteiger partial charge in [0, 0.05) is 12.3 Å². The summed E-state index contributed by atoms with van der Waals surface area (Å²) in [7, 11) is -3.82. The molecular formula is C17H14F3N3O4S. The zero-order valence-corrected chi connectivity index (χ0v) is 15.2. The first-order valence-electron chi connectivity index (χ1n) is 7.82. The van der Waals surface area contributed by atoms with Crippen LogP contribution in [0, 0.1) is 0 Å². The zero-order valence-electron chi connectivity index (χ0n) is 14.4. The van der Waals surface area contributed by atoms with E-state index in [2.05, 4.69) is 10.1 Å². The van der Waals surface area contributed by atoms with Crippen molar-refractivity contribution in [2.24, 2.45) is 0 Å². The molecule has 0 saturated carbocycles. The molecule has 2 heterocycles. The number of ether oxygens (including phenoxy) is 1. The maximum atomic E-state index is 12.6. The summed E-state index contributed by atoms with van der Waals surface area (Å²) in [5.41, 5.74) is -0.493. The Bertz CT molecular complexity index is 1050. The third kappa shape index (κ3) is 5.00. The Kier molecular flexibility index (Phi) is 5.27. The summed E-state index contributed by atoms with van der Waals surface area (Å²) in [5.74, 6) is 0.431. The van der Waals surface area contributed by atoms with Gasteiger partial charge in [-0.15, -0.1) is 0 Å². The number of aromatic nitrogens is 3. The molecule has 0 unspecified atom stereocenters. The highest BCUT2D eigenvalue weighted by atomic mass is 32.2. The van der Waals surface area contributed by atoms with Crippen LogP contribution in [0.1, 0.15) is 11.3 Å². The van der Waals surface area contributed by atoms with Crippen molar-refractivity contribution < 1.29 is 30.5 Å². The molecule has 0 fully saturated rings. The molecule has 28 heavy (non-hydrogen) atoms. The highest BCUT2D eigenvalue weighted by Crippen LogP contribution is 2.30. The average molecular weight is 413 g/mol. The lowest BCUT2D eigenvalue weighted by Gasteiger charge is -2.08. The van der Waals surface area contributed by atoms with Crippen LogP contribution in [-0.2, 0) is 22.9 Å². The van der Waals surface area contributed by atoms with E-state index >= 15 is 0 Å². The number of alkyl halides is 3. The van der Waals surface area contributed by atoms with Crippen molar-refractivity contribution in [3.63, 3.8) is 0 Å². The topological polar surface area (TPSA) is 83.3 Å². The minimum atomic E-state index is -4.43. The molecule has 0 aliphatic rings. The van der Waals surface area contributed by atoms with E-state index in [0.29, 0.717) is 11.5 Å². The zero-order chi connectivity index (χ0) is 20.4. The fourth-order valence-electron chi connectivity index (χ4n) is 2.24. The first kappa shape index (κ1) is 19.7. The van der Waals surface area contributed by atoms with Crippen LogP contribution < -0.4 is 8.92 Å². The Morgan fingerprint density at radius 2 is 1.82 bits per heavy atom. The second-order valence-electron chi connectivity index (χ2n) is 5.67. The van der Waals surface area contributed by atoms with Gasteiger partial charge in [0.15, 0.2) is 5.82 Å². The Morgan fingerprint density at radius 3 is 2.39 bits per heavy atom. The number of rotatable bonds is 6. The Hall–Kier alpha value is -3.08. The summed E-state index contributed by atoms with van der Waals surface area (Å²) in [4.78, 5) is 4.08. The van der Waals surface area contributed by atoms with Gasteiger partial charge < -0.3 is 8.92 Å². The molecule has 0 spiro atoms. The number of hydrogen-bond acceptors (Lipinski definition) is 6. The van der Waals surface area contributed by atoms with Gasteiger partial charge in [-0.2, -0.15) is 31.4 Å². The highest BCUT2D eigenvalue weighted by Gasteiger charge is 2.30. The summed E-state index contributed by atoms with van der Waals surface area (Å²) in [6.07, 6.45) is -2.04. The van der Waals surface area contributed by atoms with Crippen molar-refractivity contribution in [3.05, 3.63) is 66.0 Å². The van der Waals surface area contributed by atoms with Crippen molar-refractivity contribution in [2.45, 2.75) is 12.8 Å². The molecule has 0 aliphatic heterocycles. The normalized spacial score (nSPS) is 12.0. The van der Waals surface area contributed by atoms with E-state index in [1.807, 2.05) is 0 Å². The predicted octanol–water partition coefficient (Wildman–Crippen LogP) is 3.20. The smallest absolute Gasteiger partial charge is 0.416 e. The van der Waals surface area contributed by atoms with Crippen molar-refractivity contribution in [1.29, 1.82) is 0 Å². The van der Waals surface area contributed by atoms with Gasteiger partial charge in [-0.1, -0.05) is 6.07 Å². The molecule has 7 nitrogen and oxygen atoms in total. The first-order chi connectivity index (χ1) is 13.1. The molecule has 0 bridgehead atoms. The third-order valence-corrected chi connectivity index (χ3v) is 3.87. The molecule has 0 aliphatic carbocycles. The lowest BCUT2D eigenvalue weighted by molar-refractivity contribution is -0.137. The monoisotopic (exact) mass is 413 g/mol. The predicted molar refractivity (Wildman–Crippen MR) is 92.6 cm³/mol. The Labute approximate surface area is 158 Å². The van der Waals surface area contributed by atoms with Crippen LogP contribution in [0.4, 0.5) is 13.2 Å². The molecule has 3 aromatic rings. The molecule has 2 aromatic heterocycles. The summed E-state index contributed by atoms with van der Waals surface area (Å²) in [6.45, 7) is -0.120. The lowest BCUT2D eigenvalue weighted by Crippen LogP contribution is -2.10. The molecule has 0 radical (unpaired) electrons. The van der Waals surface area contributed by atoms with Gasteiger partial charge >= 0.3 is 16.3 Å². The van der Waals surface area contributed by atoms with E-state index in [-0.39, 0.29) is 18.2 Å². The summed E-state index contributed by atoms with van der Waals surface area (Å²) in [6, 6.07) is 10.5. The number of benzene rings is 1. The molecular weight excluding hydrogens is 399 g/mol. The number of halogens is 3. The first-order valence-corrected chi connectivity index (χ1v) is 9.63. The van der Waals surface area contributed by atoms with E-state index < -0.39 is 21.9 Å². The standard InChI is InChI=1S/C17H14F3N3O4S/c1-28(24,25)27-16-10-13(22-23(16)15-4-2-3-9-21-15)11-26-14-7-5-12(6-8-14)17(18,19)20/h2-10H,11H2,1H3. The van der Waals surface area contributed by atoms with E-state index in [0.717, 1.165) is 18.4 Å². The van der Waals surface area contributed by atoms with Crippen LogP contribution in [0.15, 0.2) is 54.7 Å². The second-order valence-corrected chi connectivity index (χ2v) is 7.25. The molecule has 0 amide bonds. The number of hydrogen-bond donors (Lipinski definition) is 0. The van der Waals surface area contributed by atoms with E-state index in [1.165, 1.54) is 29.1 Å². The van der Waals surface area contributed by atoms with Crippen molar-refractivity contribution >= 4 is 10.1 Å². The van der Waals surface area contributed by atoms with E-state index in [4.69, 9.17) is 8.92 Å². The maximum absolute atomic E-state index is 12.6. The number of nitrogens with zero attached hydrogens (tertiary/aromatic N) is 3. The fraction of sp³-hybridized carbons (Fsp3) is 0.176. The SMILES string of the molecule is CS(=O)(=O)Oc1cc(COc2ccc(C(F)(F)F)cc2)nn1-c1ccccn1. The minimum absolute atomic E-state index is 0.0905. The summed E-state index contributed by atoms with van der Waals surface area (Å²) in [5, 5.41) is 4.20. The van der Waals surface area contributed by atoms with Crippen molar-refractivity contribution in [2.75, 3.05) is 6.26 Å². The van der Waals surface area contributed by atoms with Gasteiger partial charge in [-0.05, 0) is 36.4 Å². The van der Waals surface area contributed by atoms with E-state index in [9.17, 15) is 21.6 Å². The minimum Gasteiger partial charge on any atom is -0.487 e. The Morgan fingerprint density at radius 1 is 1.11 bits per heavy atom. The van der Waals surface area contributed by atoms with Crippen LogP contribution >= 0.6 is 0 Å². The summed E-state index contributed by atoms with van der Waals surface area (Å²) >= 11 is 0. The molecule has 11 heteroatoms. The van der Waals surface area contributed by atoms with Gasteiger partial charge in [0.25, 0.3) is 0 Å². The van der Waals surface area contributed by atoms with Crippen LogP contribution in [-0.4, -0.2) is 29.4 Å². The van der Waals surface area contributed by atoms with Gasteiger partial charge in [-0.25, -0.2) is 4.98 Å². The number of pyridine rings is 1. The third-order valence-electron chi connectivity index (χ3n) is 3.40. The van der Waals surface area contributed by atoms with Crippen LogP contribution in [0.5, 0.6) is 11.6 Å². The van der Waals surface area contributed by atoms with Crippen LogP contribution in [0.2, 0.25) is 0 Å². The molecule has 3 rings (SSSR count). The molecule has 0 N–H and O–H groups in total. The van der Waals surface area contributed by atoms with Gasteiger partial charge in [0.2, 0.25) is 5.88 Å². The largest absolute Gasteiger partial charge is 0.487 e. The molecule has 0 atom stereocenters. The van der Waals surface area contributed by atoms with Gasteiger partial charge in [0.1, 0.15) is 18.1 Å². The summed E-state index contributed by atoms with van der Waals surface area (Å²) < 4.78 is 72.3. The molecule has 1 aromatic carbocycles. The quantitative estimate of drug-likeness (QED) is 0.577. The average Bonchev–Trinajstić information content (AvgIpc) is 3.01. The van der Waals surface area contributed by atoms with E-state index in [1.54, 1.807) is 18.2 Å². The van der Waals surface area contributed by atoms with Crippen molar-refractivity contribution in [1.82, 2.24) is 14.8 Å². The Balaban J connectivity index is 1.81. The highest BCUT2D eigenvalue weighted by molar-refractivity contribution is 7.86. The van der Waals surface area contributed by atoms with Crippen LogP contribution in [0.25, 0.3) is 5.82 Å². The molecule has 0 saturated heterocycles. The lowest BCUT2D eigenvalue weighted by atomic mass is 10.2. The fourth-order valence-corrected chi connectivity index (χ4v) is 2.66. The van der Waals surface area contributed by atoms with Gasteiger partial charge in [0.05, 0.1) is 11.8 Å². The van der Waals surface area contributed by atoms with Crippen LogP contribution in [0.3, 0.4) is 0 Å². The molecule has 148 valence electrons. The van der Waals surface area contributed by atoms with Crippen molar-refractivity contribution in [3.8, 4) is 17.4 Å². The maximum Gasteiger partial charge on any atom is 0.416 e.